The molecule has 75 heavy (non-hydrogen) atoms. The average molecular weight is 977 g/mol. The van der Waals surface area contributed by atoms with Gasteiger partial charge >= 0.3 is 0 Å². The van der Waals surface area contributed by atoms with Gasteiger partial charge in [0.05, 0.1) is 45.1 Å². The fourth-order valence-corrected chi connectivity index (χ4v) is 10.4. The number of rotatable bonds is 7. The molecule has 0 aliphatic carbocycles. The maximum Gasteiger partial charge on any atom is 0.163 e. The summed E-state index contributed by atoms with van der Waals surface area (Å²) in [6.45, 7) is 16.8. The molecule has 12 aromatic rings. The Bertz CT molecular complexity index is 3970. The summed E-state index contributed by atoms with van der Waals surface area (Å²) in [6.07, 6.45) is 0. The van der Waals surface area contributed by atoms with Gasteiger partial charge in [0.1, 0.15) is 58.2 Å². The van der Waals surface area contributed by atoms with Crippen LogP contribution in [0.3, 0.4) is 0 Å². The molecule has 16 nitrogen and oxygen atoms in total. The summed E-state index contributed by atoms with van der Waals surface area (Å²) in [5.74, 6) is 6.91. The van der Waals surface area contributed by atoms with Crippen LogP contribution in [0.1, 0.15) is 63.3 Å². The standard InChI is InChI=1S/C59H44N16/c1-29-18-38(27-60)20-43(19-29)44-25-54(74-50-21-39(56-66-30(2)62-31(3)67-56)10-14-45(50)46-15-11-40(22-51(46)74)57-68-32(4)63-33(5)69-57)49(28-61)55(26-44)75-52-23-41(58-70-34(6)64-35(7)71-58)12-16-47(52)48-17-13-42(24-53(48)75)59-72-36(8)65-37(9)73-59/h10-26H,1-9H3. The lowest BCUT2D eigenvalue weighted by molar-refractivity contribution is 0.928. The number of nitrogens with zero attached hydrogens (tertiary/aromatic N) is 16. The average Bonchev–Trinajstić information content (AvgIpc) is 3.91. The second-order valence-corrected chi connectivity index (χ2v) is 18.8. The quantitative estimate of drug-likeness (QED) is 0.145. The smallest absolute Gasteiger partial charge is 0.163 e. The molecule has 0 bridgehead atoms. The van der Waals surface area contributed by atoms with Crippen molar-refractivity contribution in [3.63, 3.8) is 0 Å². The van der Waals surface area contributed by atoms with Crippen LogP contribution >= 0.6 is 0 Å². The van der Waals surface area contributed by atoms with Crippen molar-refractivity contribution in [3.05, 3.63) is 166 Å². The van der Waals surface area contributed by atoms with Gasteiger partial charge in [0, 0.05) is 43.8 Å². The molecule has 0 aliphatic heterocycles. The van der Waals surface area contributed by atoms with Gasteiger partial charge in [0.25, 0.3) is 0 Å². The highest BCUT2D eigenvalue weighted by atomic mass is 15.1. The number of benzene rings is 6. The Morgan fingerprint density at radius 3 is 0.880 bits per heavy atom. The first-order chi connectivity index (χ1) is 36.2. The monoisotopic (exact) mass is 976 g/mol. The van der Waals surface area contributed by atoms with Crippen LogP contribution in [-0.2, 0) is 0 Å². The maximum atomic E-state index is 12.0. The molecular weight excluding hydrogens is 933 g/mol. The highest BCUT2D eigenvalue weighted by molar-refractivity contribution is 6.13. The molecule has 0 unspecified atom stereocenters. The summed E-state index contributed by atoms with van der Waals surface area (Å²) in [5, 5.41) is 26.1. The Labute approximate surface area is 430 Å². The number of aromatic nitrogens is 14. The molecule has 6 aromatic heterocycles. The van der Waals surface area contributed by atoms with Crippen LogP contribution in [0.5, 0.6) is 0 Å². The molecule has 0 saturated carbocycles. The summed E-state index contributed by atoms with van der Waals surface area (Å²) >= 11 is 0. The third-order valence-corrected chi connectivity index (χ3v) is 13.2. The minimum Gasteiger partial charge on any atom is -0.308 e. The lowest BCUT2D eigenvalue weighted by atomic mass is 9.97. The van der Waals surface area contributed by atoms with Gasteiger partial charge in [-0.2, -0.15) is 10.5 Å². The predicted octanol–water partition coefficient (Wildman–Crippen LogP) is 11.5. The number of nitriles is 2. The van der Waals surface area contributed by atoms with Crippen LogP contribution in [0, 0.1) is 85.0 Å². The van der Waals surface area contributed by atoms with Crippen molar-refractivity contribution >= 4 is 43.6 Å². The van der Waals surface area contributed by atoms with Gasteiger partial charge in [-0.1, -0.05) is 54.6 Å². The van der Waals surface area contributed by atoms with Gasteiger partial charge in [-0.3, -0.25) is 0 Å². The van der Waals surface area contributed by atoms with E-state index in [1.807, 2.05) is 111 Å². The molecule has 0 amide bonds. The molecule has 12 rings (SSSR count). The van der Waals surface area contributed by atoms with Crippen LogP contribution in [-0.4, -0.2) is 68.9 Å². The molecular formula is C59H44N16. The predicted molar refractivity (Wildman–Crippen MR) is 288 cm³/mol. The van der Waals surface area contributed by atoms with Crippen molar-refractivity contribution in [1.82, 2.24) is 68.9 Å². The van der Waals surface area contributed by atoms with Crippen molar-refractivity contribution < 1.29 is 0 Å². The molecule has 16 heteroatoms. The van der Waals surface area contributed by atoms with Crippen molar-refractivity contribution in [2.75, 3.05) is 0 Å². The highest BCUT2D eigenvalue weighted by Gasteiger charge is 2.25. The van der Waals surface area contributed by atoms with E-state index in [0.29, 0.717) is 92.4 Å². The van der Waals surface area contributed by atoms with Crippen molar-refractivity contribution in [2.45, 2.75) is 62.3 Å². The number of fused-ring (bicyclic) bond motifs is 6. The molecule has 6 heterocycles. The number of aryl methyl sites for hydroxylation is 9. The van der Waals surface area contributed by atoms with Gasteiger partial charge in [0.15, 0.2) is 23.3 Å². The third kappa shape index (κ3) is 8.11. The van der Waals surface area contributed by atoms with Gasteiger partial charge in [-0.15, -0.1) is 0 Å². The zero-order valence-electron chi connectivity index (χ0n) is 42.5. The minimum absolute atomic E-state index is 0.369. The molecule has 360 valence electrons. The van der Waals surface area contributed by atoms with Crippen molar-refractivity contribution in [1.29, 1.82) is 10.5 Å². The number of hydrogen-bond donors (Lipinski definition) is 0. The van der Waals surface area contributed by atoms with Crippen molar-refractivity contribution in [3.8, 4) is 80.2 Å². The Morgan fingerprint density at radius 2 is 0.600 bits per heavy atom. The molecule has 0 atom stereocenters. The summed E-state index contributed by atoms with van der Waals surface area (Å²) < 4.78 is 4.28. The third-order valence-electron chi connectivity index (χ3n) is 13.2. The molecule has 0 fully saturated rings. The van der Waals surface area contributed by atoms with Crippen LogP contribution in [0.2, 0.25) is 0 Å². The van der Waals surface area contributed by atoms with E-state index in [2.05, 4.69) is 95.8 Å². The fraction of sp³-hybridized carbons (Fsp3) is 0.153. The zero-order chi connectivity index (χ0) is 52.0. The molecule has 0 spiro atoms. The normalized spacial score (nSPS) is 11.5. The molecule has 0 saturated heterocycles. The van der Waals surface area contributed by atoms with Crippen LogP contribution < -0.4 is 0 Å². The molecule has 0 radical (unpaired) electrons. The maximum absolute atomic E-state index is 12.0. The molecule has 0 N–H and O–H groups in total. The SMILES string of the molecule is Cc1cc(C#N)cc(-c2cc(-n3c4cc(-c5nc(C)nc(C)n5)ccc4c4ccc(-c5nc(C)nc(C)n5)cc43)c(C#N)c(-n3c4cc(-c5nc(C)nc(C)n5)ccc4c4ccc(-c5nc(C)nc(C)n5)cc43)c2)c1. The summed E-state index contributed by atoms with van der Waals surface area (Å²) in [7, 11) is 0. The van der Waals surface area contributed by atoms with E-state index in [4.69, 9.17) is 39.9 Å². The lowest BCUT2D eigenvalue weighted by Crippen LogP contribution is -2.06. The Hall–Kier alpha value is -10.1. The van der Waals surface area contributed by atoms with E-state index < -0.39 is 0 Å². The first-order valence-electron chi connectivity index (χ1n) is 24.2. The van der Waals surface area contributed by atoms with E-state index in [9.17, 15) is 10.5 Å². The van der Waals surface area contributed by atoms with Gasteiger partial charge in [-0.25, -0.2) is 59.8 Å². The molecule has 0 aliphatic rings. The fourth-order valence-electron chi connectivity index (χ4n) is 10.4. The summed E-state index contributed by atoms with van der Waals surface area (Å²) in [6, 6.07) is 39.7. The van der Waals surface area contributed by atoms with E-state index in [1.54, 1.807) is 0 Å². The van der Waals surface area contributed by atoms with Crippen LogP contribution in [0.15, 0.2) is 103 Å². The second kappa shape index (κ2) is 17.6. The second-order valence-electron chi connectivity index (χ2n) is 18.8. The lowest BCUT2D eigenvalue weighted by Gasteiger charge is -2.19. The first-order valence-corrected chi connectivity index (χ1v) is 24.2. The summed E-state index contributed by atoms with van der Waals surface area (Å²) in [5.41, 5.74) is 10.8. The van der Waals surface area contributed by atoms with E-state index >= 15 is 0 Å². The van der Waals surface area contributed by atoms with E-state index in [0.717, 1.165) is 82.6 Å². The zero-order valence-corrected chi connectivity index (χ0v) is 42.5. The van der Waals surface area contributed by atoms with Crippen LogP contribution in [0.4, 0.5) is 0 Å². The Kier molecular flexibility index (Phi) is 10.8. The Morgan fingerprint density at radius 1 is 0.307 bits per heavy atom. The van der Waals surface area contributed by atoms with Gasteiger partial charge < -0.3 is 9.13 Å². The van der Waals surface area contributed by atoms with E-state index in [-0.39, 0.29) is 0 Å². The Balaban J connectivity index is 1.25. The van der Waals surface area contributed by atoms with Crippen LogP contribution in [0.25, 0.3) is 112 Å². The highest BCUT2D eigenvalue weighted by Crippen LogP contribution is 2.43. The van der Waals surface area contributed by atoms with Crippen molar-refractivity contribution in [2.24, 2.45) is 0 Å². The topological polar surface area (TPSA) is 212 Å². The molecule has 6 aromatic carbocycles. The first kappa shape index (κ1) is 46.0. The largest absolute Gasteiger partial charge is 0.308 e. The summed E-state index contributed by atoms with van der Waals surface area (Å²) in [4.78, 5) is 56.0. The van der Waals surface area contributed by atoms with Gasteiger partial charge in [-0.05, 0) is 128 Å². The number of hydrogen-bond acceptors (Lipinski definition) is 14. The van der Waals surface area contributed by atoms with E-state index in [1.165, 1.54) is 0 Å². The minimum atomic E-state index is 0.369. The van der Waals surface area contributed by atoms with Gasteiger partial charge in [0.2, 0.25) is 0 Å².